The fraction of sp³-hybridized carbons (Fsp3) is 0.100. The molecule has 0 saturated carbocycles. The van der Waals surface area contributed by atoms with Crippen LogP contribution in [0.15, 0.2) is 35.2 Å². The molecule has 15 heavy (non-hydrogen) atoms. The zero-order chi connectivity index (χ0) is 11.1. The topological polar surface area (TPSA) is 47.0 Å². The van der Waals surface area contributed by atoms with Gasteiger partial charge in [-0.3, -0.25) is 4.98 Å². The summed E-state index contributed by atoms with van der Waals surface area (Å²) in [5.41, 5.74) is 0.957. The molecule has 0 bridgehead atoms. The van der Waals surface area contributed by atoms with Gasteiger partial charge in [0.2, 0.25) is 0 Å². The average molecular weight is 225 g/mol. The lowest BCUT2D eigenvalue weighted by Crippen LogP contribution is -1.96. The van der Waals surface area contributed by atoms with Gasteiger partial charge in [-0.2, -0.15) is 8.42 Å². The molecule has 0 fully saturated rings. The van der Waals surface area contributed by atoms with Crippen molar-refractivity contribution >= 4 is 21.1 Å². The van der Waals surface area contributed by atoms with Crippen LogP contribution in [0.25, 0.3) is 10.9 Å². The van der Waals surface area contributed by atoms with E-state index in [1.807, 2.05) is 0 Å². The van der Waals surface area contributed by atoms with Crippen LogP contribution in [0.5, 0.6) is 0 Å². The number of fused-ring (bicyclic) bond motifs is 1. The summed E-state index contributed by atoms with van der Waals surface area (Å²) in [6, 6.07) is 7.79. The zero-order valence-electron chi connectivity index (χ0n) is 7.94. The molecular formula is C10H8FNO2S. The van der Waals surface area contributed by atoms with Gasteiger partial charge >= 0.3 is 10.2 Å². The van der Waals surface area contributed by atoms with Gasteiger partial charge in [0.15, 0.2) is 0 Å². The molecule has 2 rings (SSSR count). The van der Waals surface area contributed by atoms with Crippen molar-refractivity contribution < 1.29 is 12.3 Å². The maximum absolute atomic E-state index is 13.0. The molecule has 0 unspecified atom stereocenters. The summed E-state index contributed by atoms with van der Waals surface area (Å²) in [5.74, 6) is 0. The molecule has 1 heterocycles. The van der Waals surface area contributed by atoms with Gasteiger partial charge in [0, 0.05) is 11.1 Å². The predicted molar refractivity (Wildman–Crippen MR) is 54.8 cm³/mol. The predicted octanol–water partition coefficient (Wildman–Crippen LogP) is 2.20. The summed E-state index contributed by atoms with van der Waals surface area (Å²) in [7, 11) is -4.69. The SMILES string of the molecule is Cc1cc(S(=O)(=O)F)c2ccccc2n1. The number of halogens is 1. The Hall–Kier alpha value is -1.49. The molecule has 0 atom stereocenters. The Kier molecular flexibility index (Phi) is 2.19. The van der Waals surface area contributed by atoms with Crippen molar-refractivity contribution in [1.82, 2.24) is 4.98 Å². The first-order valence-electron chi connectivity index (χ1n) is 4.29. The molecule has 0 amide bonds. The van der Waals surface area contributed by atoms with Crippen molar-refractivity contribution in [3.8, 4) is 0 Å². The minimum absolute atomic E-state index is 0.311. The summed E-state index contributed by atoms with van der Waals surface area (Å²) >= 11 is 0. The molecule has 1 aromatic carbocycles. The number of pyridine rings is 1. The van der Waals surface area contributed by atoms with Crippen molar-refractivity contribution in [3.63, 3.8) is 0 Å². The van der Waals surface area contributed by atoms with Crippen LogP contribution < -0.4 is 0 Å². The van der Waals surface area contributed by atoms with E-state index < -0.39 is 10.2 Å². The average Bonchev–Trinajstić information content (AvgIpc) is 2.15. The highest BCUT2D eigenvalue weighted by molar-refractivity contribution is 7.86. The summed E-state index contributed by atoms with van der Waals surface area (Å²) < 4.78 is 34.8. The van der Waals surface area contributed by atoms with E-state index in [2.05, 4.69) is 4.98 Å². The highest BCUT2D eigenvalue weighted by Crippen LogP contribution is 2.23. The summed E-state index contributed by atoms with van der Waals surface area (Å²) in [5, 5.41) is 0.311. The Morgan fingerprint density at radius 3 is 2.60 bits per heavy atom. The van der Waals surface area contributed by atoms with Crippen molar-refractivity contribution in [2.75, 3.05) is 0 Å². The first-order chi connectivity index (χ1) is 6.98. The molecule has 0 N–H and O–H groups in total. The standard InChI is InChI=1S/C10H8FNO2S/c1-7-6-10(15(11,13)14)8-4-2-3-5-9(8)12-7/h2-6H,1H3. The van der Waals surface area contributed by atoms with E-state index in [1.54, 1.807) is 25.1 Å². The minimum Gasteiger partial charge on any atom is -0.253 e. The van der Waals surface area contributed by atoms with E-state index in [4.69, 9.17) is 0 Å². The van der Waals surface area contributed by atoms with E-state index in [9.17, 15) is 12.3 Å². The molecule has 3 nitrogen and oxygen atoms in total. The van der Waals surface area contributed by atoms with Gasteiger partial charge in [0.1, 0.15) is 4.90 Å². The molecule has 0 saturated heterocycles. The molecule has 0 aliphatic carbocycles. The lowest BCUT2D eigenvalue weighted by molar-refractivity contribution is 0.553. The lowest BCUT2D eigenvalue weighted by Gasteiger charge is -2.03. The number of hydrogen-bond donors (Lipinski definition) is 0. The molecule has 0 aliphatic heterocycles. The van der Waals surface area contributed by atoms with Crippen LogP contribution >= 0.6 is 0 Å². The van der Waals surface area contributed by atoms with E-state index in [0.717, 1.165) is 0 Å². The summed E-state index contributed by atoms with van der Waals surface area (Å²) in [4.78, 5) is 3.80. The maximum atomic E-state index is 13.0. The van der Waals surface area contributed by atoms with E-state index in [-0.39, 0.29) is 4.90 Å². The third-order valence-corrected chi connectivity index (χ3v) is 2.93. The number of rotatable bonds is 1. The minimum atomic E-state index is -4.69. The number of hydrogen-bond acceptors (Lipinski definition) is 3. The van der Waals surface area contributed by atoms with Gasteiger partial charge in [-0.1, -0.05) is 18.2 Å². The molecule has 0 radical (unpaired) electrons. The molecular weight excluding hydrogens is 217 g/mol. The van der Waals surface area contributed by atoms with Crippen LogP contribution in [0, 0.1) is 6.92 Å². The quantitative estimate of drug-likeness (QED) is 0.699. The van der Waals surface area contributed by atoms with Crippen LogP contribution in [-0.4, -0.2) is 13.4 Å². The van der Waals surface area contributed by atoms with Crippen molar-refractivity contribution in [1.29, 1.82) is 0 Å². The van der Waals surface area contributed by atoms with Crippen molar-refractivity contribution in [2.45, 2.75) is 11.8 Å². The van der Waals surface area contributed by atoms with E-state index in [0.29, 0.717) is 16.6 Å². The van der Waals surface area contributed by atoms with Crippen LogP contribution in [-0.2, 0) is 10.2 Å². The molecule has 5 heteroatoms. The molecule has 0 aliphatic rings. The molecule has 2 aromatic rings. The van der Waals surface area contributed by atoms with Crippen LogP contribution in [0.1, 0.15) is 5.69 Å². The number of aryl methyl sites for hydroxylation is 1. The first kappa shape index (κ1) is 10.0. The van der Waals surface area contributed by atoms with Gasteiger partial charge in [-0.05, 0) is 19.1 Å². The fourth-order valence-electron chi connectivity index (χ4n) is 1.47. The Balaban J connectivity index is 2.96. The van der Waals surface area contributed by atoms with Crippen molar-refractivity contribution in [2.24, 2.45) is 0 Å². The van der Waals surface area contributed by atoms with E-state index in [1.165, 1.54) is 12.1 Å². The molecule has 78 valence electrons. The largest absolute Gasteiger partial charge is 0.332 e. The number of nitrogens with zero attached hydrogens (tertiary/aromatic N) is 1. The fourth-order valence-corrected chi connectivity index (χ4v) is 2.22. The van der Waals surface area contributed by atoms with Gasteiger partial charge in [-0.15, -0.1) is 3.89 Å². The summed E-state index contributed by atoms with van der Waals surface area (Å²) in [6.45, 7) is 1.63. The third-order valence-electron chi connectivity index (χ3n) is 2.07. The number of aromatic nitrogens is 1. The van der Waals surface area contributed by atoms with E-state index >= 15 is 0 Å². The first-order valence-corrected chi connectivity index (χ1v) is 5.68. The Labute approximate surface area is 86.8 Å². The molecule has 1 aromatic heterocycles. The second-order valence-electron chi connectivity index (χ2n) is 3.22. The van der Waals surface area contributed by atoms with Crippen LogP contribution in [0.4, 0.5) is 3.89 Å². The normalized spacial score (nSPS) is 11.9. The van der Waals surface area contributed by atoms with Gasteiger partial charge in [-0.25, -0.2) is 0 Å². The molecule has 0 spiro atoms. The third kappa shape index (κ3) is 1.83. The second-order valence-corrected chi connectivity index (χ2v) is 4.53. The highest BCUT2D eigenvalue weighted by Gasteiger charge is 2.16. The second kappa shape index (κ2) is 3.27. The Morgan fingerprint density at radius 1 is 1.27 bits per heavy atom. The maximum Gasteiger partial charge on any atom is 0.332 e. The number of benzene rings is 1. The lowest BCUT2D eigenvalue weighted by atomic mass is 10.2. The van der Waals surface area contributed by atoms with Gasteiger partial charge in [0.25, 0.3) is 0 Å². The zero-order valence-corrected chi connectivity index (χ0v) is 8.75. The smallest absolute Gasteiger partial charge is 0.253 e. The van der Waals surface area contributed by atoms with Crippen LogP contribution in [0.2, 0.25) is 0 Å². The Bertz CT molecular complexity index is 622. The Morgan fingerprint density at radius 2 is 1.93 bits per heavy atom. The van der Waals surface area contributed by atoms with Gasteiger partial charge < -0.3 is 0 Å². The monoisotopic (exact) mass is 225 g/mol. The van der Waals surface area contributed by atoms with Gasteiger partial charge in [0.05, 0.1) is 5.52 Å². The van der Waals surface area contributed by atoms with Crippen molar-refractivity contribution in [3.05, 3.63) is 36.0 Å². The van der Waals surface area contributed by atoms with Crippen LogP contribution in [0.3, 0.4) is 0 Å². The summed E-state index contributed by atoms with van der Waals surface area (Å²) in [6.07, 6.45) is 0. The number of para-hydroxylation sites is 1. The highest BCUT2D eigenvalue weighted by atomic mass is 32.3.